The summed E-state index contributed by atoms with van der Waals surface area (Å²) in [6.07, 6.45) is 0. The Morgan fingerprint density at radius 3 is 2.48 bits per heavy atom. The third kappa shape index (κ3) is 2.87. The van der Waals surface area contributed by atoms with Gasteiger partial charge in [-0.15, -0.1) is 0 Å². The zero-order valence-corrected chi connectivity index (χ0v) is 13.1. The van der Waals surface area contributed by atoms with Crippen LogP contribution in [0.4, 0.5) is 0 Å². The van der Waals surface area contributed by atoms with E-state index in [4.69, 9.17) is 28.5 Å². The quantitative estimate of drug-likeness (QED) is 0.775. The standard InChI is InChI=1S/C16H9Cl2N3O2/c17-11-5-12(18)14-13(6-11)20-16(23)21(15(14)22)8-10-3-1-9(7-19)2-4-10/h1-6H,8H2,(H,20,23). The predicted molar refractivity (Wildman–Crippen MR) is 89.1 cm³/mol. The number of halogens is 2. The number of fused-ring (bicyclic) bond motifs is 1. The van der Waals surface area contributed by atoms with E-state index in [-0.39, 0.29) is 17.0 Å². The number of H-pyrrole nitrogens is 1. The van der Waals surface area contributed by atoms with Crippen LogP contribution in [0.2, 0.25) is 10.0 Å². The monoisotopic (exact) mass is 345 g/mol. The number of nitrogens with one attached hydrogen (secondary N) is 1. The summed E-state index contributed by atoms with van der Waals surface area (Å²) in [5.41, 5.74) is 0.487. The highest BCUT2D eigenvalue weighted by atomic mass is 35.5. The van der Waals surface area contributed by atoms with E-state index in [0.717, 1.165) is 10.1 Å². The van der Waals surface area contributed by atoms with Gasteiger partial charge in [0.15, 0.2) is 0 Å². The van der Waals surface area contributed by atoms with Gasteiger partial charge in [0.25, 0.3) is 5.56 Å². The molecule has 1 heterocycles. The summed E-state index contributed by atoms with van der Waals surface area (Å²) < 4.78 is 1.06. The van der Waals surface area contributed by atoms with Crippen molar-refractivity contribution in [3.63, 3.8) is 0 Å². The van der Waals surface area contributed by atoms with Gasteiger partial charge in [0.1, 0.15) is 0 Å². The van der Waals surface area contributed by atoms with Crippen molar-refractivity contribution in [2.45, 2.75) is 6.54 Å². The smallest absolute Gasteiger partial charge is 0.307 e. The molecular weight excluding hydrogens is 337 g/mol. The summed E-state index contributed by atoms with van der Waals surface area (Å²) in [6.45, 7) is 0.0781. The van der Waals surface area contributed by atoms with E-state index in [1.807, 2.05) is 6.07 Å². The Labute approximate surface area is 140 Å². The molecule has 1 N–H and O–H groups in total. The molecule has 2 aromatic carbocycles. The molecule has 1 aromatic heterocycles. The van der Waals surface area contributed by atoms with Crippen LogP contribution in [-0.4, -0.2) is 9.55 Å². The molecule has 0 radical (unpaired) electrons. The summed E-state index contributed by atoms with van der Waals surface area (Å²) in [7, 11) is 0. The Hall–Kier alpha value is -2.55. The molecule has 23 heavy (non-hydrogen) atoms. The molecule has 3 rings (SSSR count). The SMILES string of the molecule is N#Cc1ccc(Cn2c(=O)[nH]c3cc(Cl)cc(Cl)c3c2=O)cc1. The number of hydrogen-bond donors (Lipinski definition) is 1. The Morgan fingerprint density at radius 2 is 1.83 bits per heavy atom. The highest BCUT2D eigenvalue weighted by Gasteiger charge is 2.12. The number of aromatic nitrogens is 2. The molecule has 3 aromatic rings. The second-order valence-electron chi connectivity index (χ2n) is 4.94. The van der Waals surface area contributed by atoms with Gasteiger partial charge in [0, 0.05) is 5.02 Å². The lowest BCUT2D eigenvalue weighted by molar-refractivity contribution is 0.712. The summed E-state index contributed by atoms with van der Waals surface area (Å²) >= 11 is 12.0. The van der Waals surface area contributed by atoms with Gasteiger partial charge in [0.2, 0.25) is 0 Å². The largest absolute Gasteiger partial charge is 0.329 e. The Morgan fingerprint density at radius 1 is 1.13 bits per heavy atom. The van der Waals surface area contributed by atoms with E-state index < -0.39 is 11.2 Å². The highest BCUT2D eigenvalue weighted by molar-refractivity contribution is 6.38. The first-order valence-corrected chi connectivity index (χ1v) is 7.36. The number of rotatable bonds is 2. The van der Waals surface area contributed by atoms with Crippen molar-refractivity contribution >= 4 is 34.1 Å². The fourth-order valence-corrected chi connectivity index (χ4v) is 2.88. The van der Waals surface area contributed by atoms with Crippen LogP contribution in [0, 0.1) is 11.3 Å². The molecule has 0 aliphatic carbocycles. The number of benzene rings is 2. The average molecular weight is 346 g/mol. The topological polar surface area (TPSA) is 78.7 Å². The predicted octanol–water partition coefficient (Wildman–Crippen LogP) is 2.92. The first-order chi connectivity index (χ1) is 11.0. The number of aromatic amines is 1. The molecule has 5 nitrogen and oxygen atoms in total. The van der Waals surface area contributed by atoms with Gasteiger partial charge in [-0.3, -0.25) is 9.36 Å². The summed E-state index contributed by atoms with van der Waals surface area (Å²) in [6, 6.07) is 11.6. The van der Waals surface area contributed by atoms with Crippen molar-refractivity contribution in [2.75, 3.05) is 0 Å². The van der Waals surface area contributed by atoms with E-state index >= 15 is 0 Å². The molecule has 0 bridgehead atoms. The lowest BCUT2D eigenvalue weighted by Crippen LogP contribution is -2.35. The molecule has 0 aliphatic heterocycles. The molecule has 0 aliphatic rings. The molecule has 7 heteroatoms. The van der Waals surface area contributed by atoms with Gasteiger partial charge < -0.3 is 4.98 Å². The lowest BCUT2D eigenvalue weighted by atomic mass is 10.1. The fraction of sp³-hybridized carbons (Fsp3) is 0.0625. The minimum Gasteiger partial charge on any atom is -0.307 e. The van der Waals surface area contributed by atoms with Gasteiger partial charge >= 0.3 is 5.69 Å². The van der Waals surface area contributed by atoms with E-state index in [1.54, 1.807) is 24.3 Å². The van der Waals surface area contributed by atoms with Crippen LogP contribution in [0.1, 0.15) is 11.1 Å². The fourth-order valence-electron chi connectivity index (χ4n) is 2.31. The molecule has 0 amide bonds. The summed E-state index contributed by atoms with van der Waals surface area (Å²) in [4.78, 5) is 27.4. The molecule has 114 valence electrons. The molecule has 0 saturated heterocycles. The third-order valence-electron chi connectivity index (χ3n) is 3.42. The molecule has 0 atom stereocenters. The lowest BCUT2D eigenvalue weighted by Gasteiger charge is -2.08. The summed E-state index contributed by atoms with van der Waals surface area (Å²) in [5.74, 6) is 0. The first kappa shape index (κ1) is 15.3. The minimum absolute atomic E-state index is 0.0781. The van der Waals surface area contributed by atoms with Gasteiger partial charge in [-0.2, -0.15) is 5.26 Å². The van der Waals surface area contributed by atoms with Crippen molar-refractivity contribution in [1.29, 1.82) is 5.26 Å². The van der Waals surface area contributed by atoms with E-state index in [0.29, 0.717) is 16.1 Å². The van der Waals surface area contributed by atoms with Crippen LogP contribution >= 0.6 is 23.2 Å². The van der Waals surface area contributed by atoms with Crippen molar-refractivity contribution in [1.82, 2.24) is 9.55 Å². The van der Waals surface area contributed by atoms with Crippen molar-refractivity contribution in [3.8, 4) is 6.07 Å². The maximum Gasteiger partial charge on any atom is 0.329 e. The Kier molecular flexibility index (Phi) is 3.95. The minimum atomic E-state index is -0.551. The van der Waals surface area contributed by atoms with Crippen molar-refractivity contribution in [3.05, 3.63) is 78.4 Å². The molecule has 0 spiro atoms. The first-order valence-electron chi connectivity index (χ1n) is 6.60. The normalized spacial score (nSPS) is 10.7. The zero-order valence-electron chi connectivity index (χ0n) is 11.6. The number of nitrogens with zero attached hydrogens (tertiary/aromatic N) is 2. The van der Waals surface area contributed by atoms with Crippen LogP contribution in [-0.2, 0) is 6.54 Å². The van der Waals surface area contributed by atoms with Crippen LogP contribution in [0.5, 0.6) is 0 Å². The maximum absolute atomic E-state index is 12.6. The molecule has 0 fully saturated rings. The molecule has 0 unspecified atom stereocenters. The average Bonchev–Trinajstić information content (AvgIpc) is 2.51. The van der Waals surface area contributed by atoms with Gasteiger partial charge in [-0.25, -0.2) is 4.79 Å². The second-order valence-corrected chi connectivity index (χ2v) is 5.78. The van der Waals surface area contributed by atoms with Gasteiger partial charge in [-0.1, -0.05) is 35.3 Å². The summed E-state index contributed by atoms with van der Waals surface area (Å²) in [5, 5.41) is 9.52. The van der Waals surface area contributed by atoms with E-state index in [2.05, 4.69) is 4.98 Å². The van der Waals surface area contributed by atoms with E-state index in [9.17, 15) is 9.59 Å². The molecule has 0 saturated carbocycles. The Bertz CT molecular complexity index is 1060. The third-order valence-corrected chi connectivity index (χ3v) is 3.94. The molecular formula is C16H9Cl2N3O2. The maximum atomic E-state index is 12.6. The van der Waals surface area contributed by atoms with Crippen LogP contribution in [0.15, 0.2) is 46.0 Å². The van der Waals surface area contributed by atoms with Crippen LogP contribution < -0.4 is 11.2 Å². The number of nitriles is 1. The highest BCUT2D eigenvalue weighted by Crippen LogP contribution is 2.23. The van der Waals surface area contributed by atoms with Crippen molar-refractivity contribution in [2.24, 2.45) is 0 Å². The van der Waals surface area contributed by atoms with E-state index in [1.165, 1.54) is 12.1 Å². The zero-order chi connectivity index (χ0) is 16.6. The van der Waals surface area contributed by atoms with Gasteiger partial charge in [-0.05, 0) is 29.8 Å². The van der Waals surface area contributed by atoms with Gasteiger partial charge in [0.05, 0.1) is 34.1 Å². The number of hydrogen-bond acceptors (Lipinski definition) is 3. The van der Waals surface area contributed by atoms with Crippen LogP contribution in [0.3, 0.4) is 0 Å². The van der Waals surface area contributed by atoms with Crippen LogP contribution in [0.25, 0.3) is 10.9 Å². The van der Waals surface area contributed by atoms with Crippen molar-refractivity contribution < 1.29 is 0 Å². The Balaban J connectivity index is 2.16. The second kappa shape index (κ2) is 5.92.